The van der Waals surface area contributed by atoms with Crippen LogP contribution in [0.25, 0.3) is 10.9 Å². The van der Waals surface area contributed by atoms with Crippen LogP contribution < -0.4 is 0 Å². The van der Waals surface area contributed by atoms with E-state index in [2.05, 4.69) is 4.98 Å². The van der Waals surface area contributed by atoms with E-state index in [1.807, 2.05) is 18.2 Å². The van der Waals surface area contributed by atoms with Crippen molar-refractivity contribution in [1.29, 1.82) is 0 Å². The fraction of sp³-hybridized carbons (Fsp3) is 0. The van der Waals surface area contributed by atoms with Crippen LogP contribution in [0.2, 0.25) is 0 Å². The van der Waals surface area contributed by atoms with Crippen molar-refractivity contribution in [2.24, 2.45) is 0 Å². The van der Waals surface area contributed by atoms with Crippen LogP contribution in [-0.2, 0) is 0 Å². The number of para-hydroxylation sites is 1. The van der Waals surface area contributed by atoms with E-state index in [9.17, 15) is 5.11 Å². The average Bonchev–Trinajstić information content (AvgIpc) is 2.06. The summed E-state index contributed by atoms with van der Waals surface area (Å²) in [6.45, 7) is 0. The Labute approximate surface area is 103 Å². The van der Waals surface area contributed by atoms with Gasteiger partial charge in [-0.05, 0) is 12.1 Å². The van der Waals surface area contributed by atoms with Crippen molar-refractivity contribution >= 4 is 10.9 Å². The van der Waals surface area contributed by atoms with Gasteiger partial charge in [0.25, 0.3) is 0 Å². The molecule has 0 spiro atoms. The summed E-state index contributed by atoms with van der Waals surface area (Å²) in [5.41, 5.74) is 0.662. The first-order valence-corrected chi connectivity index (χ1v) is 3.40. The van der Waals surface area contributed by atoms with Crippen molar-refractivity contribution in [2.45, 2.75) is 0 Å². The third-order valence-corrected chi connectivity index (χ3v) is 1.61. The Bertz CT molecular complexity index is 384. The SMILES string of the molecule is Oc1cccc2cccnc12.[Sm]. The summed E-state index contributed by atoms with van der Waals surface area (Å²) in [6, 6.07) is 9.13. The Morgan fingerprint density at radius 1 is 1.08 bits per heavy atom. The molecule has 0 saturated carbocycles. The van der Waals surface area contributed by atoms with Crippen molar-refractivity contribution in [3.8, 4) is 5.75 Å². The number of phenolic OH excluding ortho intramolecular Hbond substituents is 1. The molecule has 0 aliphatic rings. The van der Waals surface area contributed by atoms with Gasteiger partial charge in [-0.2, -0.15) is 0 Å². The van der Waals surface area contributed by atoms with E-state index >= 15 is 0 Å². The molecule has 1 N–H and O–H groups in total. The molecule has 0 bridgehead atoms. The summed E-state index contributed by atoms with van der Waals surface area (Å²) in [5, 5.41) is 10.3. The zero-order valence-electron chi connectivity index (χ0n) is 6.27. The Balaban J connectivity index is 0.000000720. The molecule has 1 aromatic carbocycles. The third kappa shape index (κ3) is 1.74. The van der Waals surface area contributed by atoms with Crippen LogP contribution in [0.4, 0.5) is 0 Å². The van der Waals surface area contributed by atoms with Crippen LogP contribution in [0, 0.1) is 40.4 Å². The summed E-state index contributed by atoms with van der Waals surface area (Å²) in [5.74, 6) is 0.239. The number of nitrogens with zero attached hydrogens (tertiary/aromatic N) is 1. The number of rotatable bonds is 0. The largest absolute Gasteiger partial charge is 0.506 e. The first kappa shape index (κ1) is 9.85. The molecule has 1 aromatic heterocycles. The number of fused-ring (bicyclic) bond motifs is 1. The van der Waals surface area contributed by atoms with Gasteiger partial charge in [0.2, 0.25) is 0 Å². The summed E-state index contributed by atoms with van der Waals surface area (Å²) in [7, 11) is 0. The molecule has 60 valence electrons. The van der Waals surface area contributed by atoms with Gasteiger partial charge in [-0.3, -0.25) is 4.98 Å². The molecule has 12 heavy (non-hydrogen) atoms. The number of phenols is 1. The minimum Gasteiger partial charge on any atom is -0.506 e. The van der Waals surface area contributed by atoms with Crippen molar-refractivity contribution in [3.05, 3.63) is 36.5 Å². The average molecular weight is 296 g/mol. The zero-order valence-corrected chi connectivity index (χ0v) is 8.89. The van der Waals surface area contributed by atoms with Gasteiger partial charge < -0.3 is 5.11 Å². The number of aromatic hydroxyl groups is 1. The fourth-order valence-electron chi connectivity index (χ4n) is 1.09. The second kappa shape index (κ2) is 4.13. The van der Waals surface area contributed by atoms with Crippen LogP contribution in [0.3, 0.4) is 0 Å². The number of benzene rings is 1. The van der Waals surface area contributed by atoms with Gasteiger partial charge in [0.1, 0.15) is 11.3 Å². The molecular formula is C9H7NOSm. The fourth-order valence-corrected chi connectivity index (χ4v) is 1.09. The maximum atomic E-state index is 9.31. The third-order valence-electron chi connectivity index (χ3n) is 1.61. The first-order valence-electron chi connectivity index (χ1n) is 3.40. The topological polar surface area (TPSA) is 33.1 Å². The normalized spacial score (nSPS) is 9.33. The van der Waals surface area contributed by atoms with Crippen LogP contribution in [0.5, 0.6) is 5.75 Å². The van der Waals surface area contributed by atoms with Gasteiger partial charge in [-0.1, -0.05) is 18.2 Å². The molecule has 0 saturated heterocycles. The Morgan fingerprint density at radius 3 is 2.58 bits per heavy atom. The number of hydrogen-bond donors (Lipinski definition) is 1. The van der Waals surface area contributed by atoms with Gasteiger partial charge in [0, 0.05) is 52.0 Å². The molecule has 2 nitrogen and oxygen atoms in total. The summed E-state index contributed by atoms with van der Waals surface area (Å²) >= 11 is 0. The summed E-state index contributed by atoms with van der Waals surface area (Å²) < 4.78 is 0. The molecule has 1 heterocycles. The van der Waals surface area contributed by atoms with Gasteiger partial charge in [-0.25, -0.2) is 0 Å². The van der Waals surface area contributed by atoms with Crippen molar-refractivity contribution in [2.75, 3.05) is 0 Å². The maximum Gasteiger partial charge on any atom is 0.141 e. The molecule has 0 unspecified atom stereocenters. The van der Waals surface area contributed by atoms with Gasteiger partial charge in [0.05, 0.1) is 0 Å². The van der Waals surface area contributed by atoms with E-state index in [1.54, 1.807) is 18.3 Å². The van der Waals surface area contributed by atoms with Gasteiger partial charge in [0.15, 0.2) is 0 Å². The molecule has 0 aliphatic carbocycles. The van der Waals surface area contributed by atoms with Crippen LogP contribution >= 0.6 is 0 Å². The second-order valence-corrected chi connectivity index (χ2v) is 2.35. The predicted molar refractivity (Wildman–Crippen MR) is 43.4 cm³/mol. The van der Waals surface area contributed by atoms with E-state index < -0.39 is 0 Å². The van der Waals surface area contributed by atoms with E-state index in [4.69, 9.17) is 0 Å². The van der Waals surface area contributed by atoms with Crippen LogP contribution in [0.1, 0.15) is 0 Å². The monoisotopic (exact) mass is 297 g/mol. The van der Waals surface area contributed by atoms with Gasteiger partial charge in [-0.15, -0.1) is 0 Å². The smallest absolute Gasteiger partial charge is 0.141 e. The van der Waals surface area contributed by atoms with E-state index in [0.717, 1.165) is 5.39 Å². The Hall–Kier alpha value is -0.232. The van der Waals surface area contributed by atoms with Gasteiger partial charge >= 0.3 is 0 Å². The van der Waals surface area contributed by atoms with Crippen molar-refractivity contribution in [3.63, 3.8) is 0 Å². The van der Waals surface area contributed by atoms with Crippen molar-refractivity contribution < 1.29 is 45.5 Å². The van der Waals surface area contributed by atoms with E-state index in [0.29, 0.717) is 5.52 Å². The molecule has 3 heteroatoms. The van der Waals surface area contributed by atoms with Crippen LogP contribution in [0.15, 0.2) is 36.5 Å². The molecule has 0 atom stereocenters. The summed E-state index contributed by atoms with van der Waals surface area (Å²) in [4.78, 5) is 4.03. The molecule has 0 aliphatic heterocycles. The first-order chi connectivity index (χ1) is 5.38. The predicted octanol–water partition coefficient (Wildman–Crippen LogP) is 1.94. The number of aromatic nitrogens is 1. The molecule has 0 amide bonds. The molecular weight excluding hydrogens is 288 g/mol. The zero-order chi connectivity index (χ0) is 7.68. The second-order valence-electron chi connectivity index (χ2n) is 2.35. The minimum atomic E-state index is 0. The molecule has 0 fully saturated rings. The quantitative estimate of drug-likeness (QED) is 0.806. The maximum absolute atomic E-state index is 9.31. The standard InChI is InChI=1S/C9H7NO.Sm/c11-8-5-1-3-7-4-2-6-10-9(7)8;/h1-6,11H;. The van der Waals surface area contributed by atoms with Crippen LogP contribution in [-0.4, -0.2) is 10.1 Å². The molecule has 2 aromatic rings. The minimum absolute atomic E-state index is 0. The number of pyridine rings is 1. The van der Waals surface area contributed by atoms with Crippen molar-refractivity contribution in [1.82, 2.24) is 4.98 Å². The Kier molecular flexibility index (Phi) is 3.39. The molecule has 0 radical (unpaired) electrons. The number of hydrogen-bond acceptors (Lipinski definition) is 2. The Morgan fingerprint density at radius 2 is 1.83 bits per heavy atom. The summed E-state index contributed by atoms with van der Waals surface area (Å²) in [6.07, 6.45) is 1.67. The van der Waals surface area contributed by atoms with E-state index in [-0.39, 0.29) is 46.1 Å². The molecule has 2 rings (SSSR count). The van der Waals surface area contributed by atoms with E-state index in [1.165, 1.54) is 0 Å².